The lowest BCUT2D eigenvalue weighted by Crippen LogP contribution is -2.31. The van der Waals surface area contributed by atoms with Gasteiger partial charge < -0.3 is 15.8 Å². The number of hydrogen-bond donors (Lipinski definition) is 2. The molecule has 1 fully saturated rings. The van der Waals surface area contributed by atoms with Crippen molar-refractivity contribution < 1.29 is 9.53 Å². The molecule has 1 aliphatic carbocycles. The minimum absolute atomic E-state index is 0.0296. The summed E-state index contributed by atoms with van der Waals surface area (Å²) in [5, 5.41) is 7.22. The number of anilines is 1. The summed E-state index contributed by atoms with van der Waals surface area (Å²) in [7, 11) is 0. The number of primary amides is 1. The number of hydrogen-bond acceptors (Lipinski definition) is 6. The summed E-state index contributed by atoms with van der Waals surface area (Å²) >= 11 is 7.56. The Balaban J connectivity index is 1.32. The van der Waals surface area contributed by atoms with Gasteiger partial charge in [0.05, 0.1) is 5.69 Å². The second-order valence-electron chi connectivity index (χ2n) is 7.00. The average molecular weight is 429 g/mol. The first kappa shape index (κ1) is 19.7. The third kappa shape index (κ3) is 4.86. The molecule has 1 amide bonds. The van der Waals surface area contributed by atoms with Crippen LogP contribution in [0.2, 0.25) is 5.02 Å². The largest absolute Gasteiger partial charge is 0.474 e. The first-order valence-electron chi connectivity index (χ1n) is 9.48. The van der Waals surface area contributed by atoms with Crippen LogP contribution in [0.15, 0.2) is 48.0 Å². The fraction of sp³-hybridized carbons (Fsp3) is 0.286. The van der Waals surface area contributed by atoms with E-state index in [1.807, 2.05) is 29.6 Å². The molecule has 0 aliphatic heterocycles. The van der Waals surface area contributed by atoms with E-state index in [0.29, 0.717) is 17.5 Å². The first-order valence-corrected chi connectivity index (χ1v) is 10.7. The van der Waals surface area contributed by atoms with Crippen molar-refractivity contribution in [2.75, 3.05) is 5.32 Å². The maximum absolute atomic E-state index is 11.5. The first-order chi connectivity index (χ1) is 14.1. The zero-order chi connectivity index (χ0) is 20.2. The molecule has 3 N–H and O–H groups in total. The molecule has 0 radical (unpaired) electrons. The van der Waals surface area contributed by atoms with Crippen molar-refractivity contribution in [3.05, 3.63) is 58.6 Å². The van der Waals surface area contributed by atoms with E-state index in [4.69, 9.17) is 27.1 Å². The van der Waals surface area contributed by atoms with Crippen molar-refractivity contribution in [1.29, 1.82) is 0 Å². The maximum atomic E-state index is 11.5. The third-order valence-electron chi connectivity index (χ3n) is 4.96. The average Bonchev–Trinajstić information content (AvgIpc) is 3.19. The van der Waals surface area contributed by atoms with Crippen LogP contribution in [0, 0.1) is 0 Å². The lowest BCUT2D eigenvalue weighted by molar-refractivity contribution is 0.0983. The Morgan fingerprint density at radius 2 is 1.93 bits per heavy atom. The summed E-state index contributed by atoms with van der Waals surface area (Å²) in [6.07, 6.45) is 5.31. The summed E-state index contributed by atoms with van der Waals surface area (Å²) in [6, 6.07) is 11.4. The highest BCUT2D eigenvalue weighted by molar-refractivity contribution is 7.14. The van der Waals surface area contributed by atoms with Gasteiger partial charge in [0.1, 0.15) is 11.7 Å². The highest BCUT2D eigenvalue weighted by atomic mass is 35.5. The number of rotatable bonds is 6. The molecule has 29 heavy (non-hydrogen) atoms. The van der Waals surface area contributed by atoms with Gasteiger partial charge in [-0.3, -0.25) is 4.79 Å². The number of benzene rings is 1. The van der Waals surface area contributed by atoms with Crippen molar-refractivity contribution in [1.82, 2.24) is 9.97 Å². The number of pyridine rings is 1. The number of halogens is 1. The molecule has 1 aliphatic rings. The predicted octanol–water partition coefficient (Wildman–Crippen LogP) is 4.76. The Hall–Kier alpha value is -2.64. The maximum Gasteiger partial charge on any atom is 0.254 e. The summed E-state index contributed by atoms with van der Waals surface area (Å²) in [5.41, 5.74) is 7.72. The van der Waals surface area contributed by atoms with Gasteiger partial charge in [-0.2, -0.15) is 0 Å². The van der Waals surface area contributed by atoms with E-state index in [1.54, 1.807) is 29.7 Å². The monoisotopic (exact) mass is 428 g/mol. The second-order valence-corrected chi connectivity index (χ2v) is 8.30. The van der Waals surface area contributed by atoms with E-state index < -0.39 is 5.91 Å². The lowest BCUT2D eigenvalue weighted by Gasteiger charge is -2.29. The highest BCUT2D eigenvalue weighted by Crippen LogP contribution is 2.30. The molecule has 2 heterocycles. The number of ether oxygens (including phenoxy) is 1. The molecular formula is C21H21ClN4O2S. The van der Waals surface area contributed by atoms with Gasteiger partial charge in [0.2, 0.25) is 5.88 Å². The van der Waals surface area contributed by atoms with Gasteiger partial charge in [0.15, 0.2) is 5.13 Å². The quantitative estimate of drug-likeness (QED) is 0.590. The molecule has 0 bridgehead atoms. The Bertz CT molecular complexity index is 984. The summed E-state index contributed by atoms with van der Waals surface area (Å²) < 4.78 is 5.95. The molecule has 0 spiro atoms. The summed E-state index contributed by atoms with van der Waals surface area (Å²) in [4.78, 5) is 20.4. The number of nitrogens with two attached hydrogens (primary N) is 1. The number of nitrogens with zero attached hydrogens (tertiary/aromatic N) is 2. The van der Waals surface area contributed by atoms with Crippen LogP contribution in [0.4, 0.5) is 5.13 Å². The van der Waals surface area contributed by atoms with E-state index in [1.165, 1.54) is 0 Å². The molecule has 3 aromatic rings. The molecular weight excluding hydrogens is 408 g/mol. The van der Waals surface area contributed by atoms with Gasteiger partial charge in [0.25, 0.3) is 5.91 Å². The van der Waals surface area contributed by atoms with E-state index in [0.717, 1.165) is 47.1 Å². The van der Waals surface area contributed by atoms with Crippen LogP contribution in [-0.4, -0.2) is 28.0 Å². The van der Waals surface area contributed by atoms with Crippen LogP contribution in [0.25, 0.3) is 11.3 Å². The smallest absolute Gasteiger partial charge is 0.254 e. The molecule has 0 unspecified atom stereocenters. The van der Waals surface area contributed by atoms with E-state index in [2.05, 4.69) is 10.3 Å². The van der Waals surface area contributed by atoms with E-state index in [9.17, 15) is 4.79 Å². The Labute approximate surface area is 178 Å². The van der Waals surface area contributed by atoms with Crippen molar-refractivity contribution >= 4 is 34.0 Å². The fourth-order valence-corrected chi connectivity index (χ4v) is 4.35. The van der Waals surface area contributed by atoms with Gasteiger partial charge >= 0.3 is 0 Å². The van der Waals surface area contributed by atoms with E-state index in [-0.39, 0.29) is 6.10 Å². The van der Waals surface area contributed by atoms with Crippen LogP contribution in [0.5, 0.6) is 5.88 Å². The molecule has 4 rings (SSSR count). The molecule has 0 saturated heterocycles. The lowest BCUT2D eigenvalue weighted by atomic mass is 9.93. The Morgan fingerprint density at radius 1 is 1.17 bits per heavy atom. The minimum Gasteiger partial charge on any atom is -0.474 e. The number of thiazole rings is 1. The number of nitrogens with one attached hydrogen (secondary N) is 1. The predicted molar refractivity (Wildman–Crippen MR) is 116 cm³/mol. The normalized spacial score (nSPS) is 18.9. The molecule has 1 aromatic carbocycles. The number of carbonyl (C=O) groups excluding carboxylic acids is 1. The zero-order valence-electron chi connectivity index (χ0n) is 15.7. The number of carbonyl (C=O) groups is 1. The van der Waals surface area contributed by atoms with E-state index >= 15 is 0 Å². The second kappa shape index (κ2) is 8.80. The van der Waals surface area contributed by atoms with Crippen molar-refractivity contribution in [3.8, 4) is 17.1 Å². The van der Waals surface area contributed by atoms with Gasteiger partial charge in [-0.15, -0.1) is 11.3 Å². The molecule has 2 aromatic heterocycles. The highest BCUT2D eigenvalue weighted by Gasteiger charge is 2.24. The molecule has 0 atom stereocenters. The Kier molecular flexibility index (Phi) is 5.97. The van der Waals surface area contributed by atoms with Crippen LogP contribution < -0.4 is 15.8 Å². The van der Waals surface area contributed by atoms with Crippen LogP contribution in [-0.2, 0) is 0 Å². The number of aromatic nitrogens is 2. The molecule has 1 saturated carbocycles. The molecule has 150 valence electrons. The van der Waals surface area contributed by atoms with Gasteiger partial charge in [0, 0.05) is 28.2 Å². The number of amides is 1. The third-order valence-corrected chi connectivity index (χ3v) is 5.99. The van der Waals surface area contributed by atoms with Crippen molar-refractivity contribution in [2.24, 2.45) is 5.73 Å². The Morgan fingerprint density at radius 3 is 2.66 bits per heavy atom. The van der Waals surface area contributed by atoms with Crippen molar-refractivity contribution in [3.63, 3.8) is 0 Å². The zero-order valence-corrected chi connectivity index (χ0v) is 17.2. The fourth-order valence-electron chi connectivity index (χ4n) is 3.42. The molecule has 6 nitrogen and oxygen atoms in total. The molecule has 8 heteroatoms. The van der Waals surface area contributed by atoms with Gasteiger partial charge in [-0.1, -0.05) is 23.7 Å². The van der Waals surface area contributed by atoms with Gasteiger partial charge in [-0.25, -0.2) is 9.97 Å². The summed E-state index contributed by atoms with van der Waals surface area (Å²) in [5.74, 6) is -0.201. The topological polar surface area (TPSA) is 90.1 Å². The standard InChI is InChI=1S/C21H21ClN4O2S/c22-14-5-3-13(4-6-14)18-12-29-21(26-18)25-15-7-9-16(10-8-15)28-20-17(19(23)27)2-1-11-24-20/h1-6,11-12,15-16H,7-10H2,(H2,23,27)(H,25,26)/t15-,16-. The van der Waals surface area contributed by atoms with Crippen molar-refractivity contribution in [2.45, 2.75) is 37.8 Å². The van der Waals surface area contributed by atoms with Gasteiger partial charge in [-0.05, 0) is 49.9 Å². The van der Waals surface area contributed by atoms with Crippen LogP contribution >= 0.6 is 22.9 Å². The summed E-state index contributed by atoms with van der Waals surface area (Å²) in [6.45, 7) is 0. The SMILES string of the molecule is NC(=O)c1cccnc1O[C@H]1CC[C@H](Nc2nc(-c3ccc(Cl)cc3)cs2)CC1. The van der Waals surface area contributed by atoms with Crippen LogP contribution in [0.3, 0.4) is 0 Å². The minimum atomic E-state index is -0.524. The van der Waals surface area contributed by atoms with Crippen LogP contribution in [0.1, 0.15) is 36.0 Å².